The Kier molecular flexibility index (Phi) is 6.69. The monoisotopic (exact) mass is 279 g/mol. The number of hydrogen-bond acceptors (Lipinski definition) is 4. The minimum Gasteiger partial charge on any atom is -0.383 e. The lowest BCUT2D eigenvalue weighted by atomic mass is 10.1. The number of anilines is 1. The van der Waals surface area contributed by atoms with Crippen LogP contribution in [-0.2, 0) is 9.53 Å². The maximum absolute atomic E-state index is 12.0. The average molecular weight is 279 g/mol. The molecule has 20 heavy (non-hydrogen) atoms. The van der Waals surface area contributed by atoms with Crippen molar-refractivity contribution in [2.45, 2.75) is 19.4 Å². The number of benzene rings is 1. The van der Waals surface area contributed by atoms with Gasteiger partial charge in [-0.2, -0.15) is 0 Å². The first-order valence-corrected chi connectivity index (χ1v) is 6.46. The Labute approximate surface area is 118 Å². The van der Waals surface area contributed by atoms with Gasteiger partial charge < -0.3 is 21.1 Å². The van der Waals surface area contributed by atoms with Gasteiger partial charge in [0.1, 0.15) is 0 Å². The van der Waals surface area contributed by atoms with Crippen LogP contribution in [0.3, 0.4) is 0 Å². The van der Waals surface area contributed by atoms with E-state index in [1.165, 1.54) is 0 Å². The average Bonchev–Trinajstić information content (AvgIpc) is 2.38. The molecule has 4 N–H and O–H groups in total. The fourth-order valence-electron chi connectivity index (χ4n) is 1.65. The molecule has 1 rings (SSSR count). The zero-order chi connectivity index (χ0) is 15.0. The van der Waals surface area contributed by atoms with E-state index in [9.17, 15) is 9.59 Å². The Morgan fingerprint density at radius 3 is 2.70 bits per heavy atom. The summed E-state index contributed by atoms with van der Waals surface area (Å²) < 4.78 is 4.87. The lowest BCUT2D eigenvalue weighted by Gasteiger charge is -2.12. The number of hydrogen-bond donors (Lipinski definition) is 3. The highest BCUT2D eigenvalue weighted by Crippen LogP contribution is 2.15. The summed E-state index contributed by atoms with van der Waals surface area (Å²) in [6.45, 7) is 2.60. The Hall–Kier alpha value is -1.92. The molecule has 1 aromatic rings. The summed E-state index contributed by atoms with van der Waals surface area (Å²) in [5.41, 5.74) is 6.47. The molecule has 0 fully saturated rings. The molecule has 0 bridgehead atoms. The van der Waals surface area contributed by atoms with Gasteiger partial charge in [-0.25, -0.2) is 0 Å². The maximum Gasteiger partial charge on any atom is 0.253 e. The number of carbonyl (C=O) groups is 2. The summed E-state index contributed by atoms with van der Waals surface area (Å²) in [6, 6.07) is 6.62. The fraction of sp³-hybridized carbons (Fsp3) is 0.429. The smallest absolute Gasteiger partial charge is 0.253 e. The Balaban J connectivity index is 2.72. The van der Waals surface area contributed by atoms with E-state index in [1.54, 1.807) is 38.3 Å². The van der Waals surface area contributed by atoms with Crippen LogP contribution in [0.25, 0.3) is 0 Å². The van der Waals surface area contributed by atoms with Gasteiger partial charge in [-0.1, -0.05) is 12.1 Å². The van der Waals surface area contributed by atoms with Gasteiger partial charge in [0.05, 0.1) is 17.9 Å². The third-order valence-corrected chi connectivity index (χ3v) is 2.54. The summed E-state index contributed by atoms with van der Waals surface area (Å²) >= 11 is 0. The molecular formula is C14H21N3O3. The lowest BCUT2D eigenvalue weighted by molar-refractivity contribution is -0.116. The van der Waals surface area contributed by atoms with Crippen molar-refractivity contribution in [1.82, 2.24) is 5.32 Å². The van der Waals surface area contributed by atoms with E-state index in [1.807, 2.05) is 0 Å². The number of nitrogens with one attached hydrogen (secondary N) is 2. The first-order chi connectivity index (χ1) is 9.54. The van der Waals surface area contributed by atoms with Crippen molar-refractivity contribution >= 4 is 17.5 Å². The summed E-state index contributed by atoms with van der Waals surface area (Å²) in [6.07, 6.45) is 0.208. The highest BCUT2D eigenvalue weighted by molar-refractivity contribution is 6.03. The molecule has 0 aromatic heterocycles. The van der Waals surface area contributed by atoms with E-state index in [4.69, 9.17) is 10.5 Å². The van der Waals surface area contributed by atoms with Crippen molar-refractivity contribution in [1.29, 1.82) is 0 Å². The summed E-state index contributed by atoms with van der Waals surface area (Å²) in [5, 5.41) is 5.42. The molecule has 0 saturated carbocycles. The third kappa shape index (κ3) is 5.38. The van der Waals surface area contributed by atoms with Crippen LogP contribution < -0.4 is 16.4 Å². The van der Waals surface area contributed by atoms with E-state index in [2.05, 4.69) is 10.6 Å². The normalized spacial score (nSPS) is 11.8. The highest BCUT2D eigenvalue weighted by atomic mass is 16.5. The molecule has 0 heterocycles. The highest BCUT2D eigenvalue weighted by Gasteiger charge is 2.13. The SMILES string of the molecule is COCCNC(=O)c1ccccc1NC(=O)CC(C)N. The van der Waals surface area contributed by atoms with Gasteiger partial charge in [0.2, 0.25) is 5.91 Å². The standard InChI is InChI=1S/C14H21N3O3/c1-10(15)9-13(18)17-12-6-4-3-5-11(12)14(19)16-7-8-20-2/h3-6,10H,7-9,15H2,1-2H3,(H,16,19)(H,17,18). The molecule has 110 valence electrons. The van der Waals surface area contributed by atoms with Crippen LogP contribution in [0.2, 0.25) is 0 Å². The molecule has 6 heteroatoms. The van der Waals surface area contributed by atoms with Crippen LogP contribution in [-0.4, -0.2) is 38.1 Å². The largest absolute Gasteiger partial charge is 0.383 e. The zero-order valence-electron chi connectivity index (χ0n) is 11.8. The number of carbonyl (C=O) groups excluding carboxylic acids is 2. The molecular weight excluding hydrogens is 258 g/mol. The first kappa shape index (κ1) is 16.1. The quantitative estimate of drug-likeness (QED) is 0.642. The zero-order valence-corrected chi connectivity index (χ0v) is 11.8. The first-order valence-electron chi connectivity index (χ1n) is 6.46. The maximum atomic E-state index is 12.0. The number of rotatable bonds is 7. The Morgan fingerprint density at radius 2 is 2.05 bits per heavy atom. The predicted molar refractivity (Wildman–Crippen MR) is 77.5 cm³/mol. The molecule has 0 aliphatic rings. The van der Waals surface area contributed by atoms with E-state index in [0.717, 1.165) is 0 Å². The van der Waals surface area contributed by atoms with Crippen molar-refractivity contribution in [3.05, 3.63) is 29.8 Å². The van der Waals surface area contributed by atoms with E-state index >= 15 is 0 Å². The van der Waals surface area contributed by atoms with Crippen LogP contribution in [0.4, 0.5) is 5.69 Å². The van der Waals surface area contributed by atoms with Crippen LogP contribution in [0.15, 0.2) is 24.3 Å². The molecule has 1 atom stereocenters. The Morgan fingerprint density at radius 1 is 1.35 bits per heavy atom. The number of nitrogens with two attached hydrogens (primary N) is 1. The van der Waals surface area contributed by atoms with Gasteiger partial charge in [0.25, 0.3) is 5.91 Å². The van der Waals surface area contributed by atoms with Gasteiger partial charge in [0, 0.05) is 26.1 Å². The van der Waals surface area contributed by atoms with Gasteiger partial charge in [0.15, 0.2) is 0 Å². The van der Waals surface area contributed by atoms with Gasteiger partial charge in [-0.05, 0) is 19.1 Å². The molecule has 6 nitrogen and oxygen atoms in total. The van der Waals surface area contributed by atoms with Gasteiger partial charge in [-0.3, -0.25) is 9.59 Å². The van der Waals surface area contributed by atoms with Crippen molar-refractivity contribution in [3.63, 3.8) is 0 Å². The molecule has 0 radical (unpaired) electrons. The molecule has 0 spiro atoms. The second kappa shape index (κ2) is 8.29. The van der Waals surface area contributed by atoms with Crippen LogP contribution >= 0.6 is 0 Å². The molecule has 1 unspecified atom stereocenters. The minimum atomic E-state index is -0.251. The molecule has 2 amide bonds. The summed E-state index contributed by atoms with van der Waals surface area (Å²) in [5.74, 6) is -0.462. The summed E-state index contributed by atoms with van der Waals surface area (Å²) in [7, 11) is 1.56. The fourth-order valence-corrected chi connectivity index (χ4v) is 1.65. The number of ether oxygens (including phenoxy) is 1. The minimum absolute atomic E-state index is 0.208. The van der Waals surface area contributed by atoms with Gasteiger partial charge >= 0.3 is 0 Å². The molecule has 0 saturated heterocycles. The summed E-state index contributed by atoms with van der Waals surface area (Å²) in [4.78, 5) is 23.7. The molecule has 0 aliphatic carbocycles. The van der Waals surface area contributed by atoms with Crippen LogP contribution in [0, 0.1) is 0 Å². The van der Waals surface area contributed by atoms with Crippen molar-refractivity contribution in [2.24, 2.45) is 5.73 Å². The van der Waals surface area contributed by atoms with E-state index in [-0.39, 0.29) is 24.3 Å². The molecule has 1 aromatic carbocycles. The lowest BCUT2D eigenvalue weighted by Crippen LogP contribution is -2.29. The van der Waals surface area contributed by atoms with Crippen molar-refractivity contribution in [2.75, 3.05) is 25.6 Å². The second-order valence-electron chi connectivity index (χ2n) is 4.52. The predicted octanol–water partition coefficient (Wildman–Crippen LogP) is 0.739. The van der Waals surface area contributed by atoms with E-state index < -0.39 is 0 Å². The number of methoxy groups -OCH3 is 1. The molecule has 0 aliphatic heterocycles. The Bertz CT molecular complexity index is 461. The van der Waals surface area contributed by atoms with Gasteiger partial charge in [-0.15, -0.1) is 0 Å². The number of amides is 2. The van der Waals surface area contributed by atoms with Crippen LogP contribution in [0.5, 0.6) is 0 Å². The topological polar surface area (TPSA) is 93.5 Å². The van der Waals surface area contributed by atoms with Crippen LogP contribution in [0.1, 0.15) is 23.7 Å². The van der Waals surface area contributed by atoms with Crippen molar-refractivity contribution < 1.29 is 14.3 Å². The third-order valence-electron chi connectivity index (χ3n) is 2.54. The second-order valence-corrected chi connectivity index (χ2v) is 4.52. The van der Waals surface area contributed by atoms with E-state index in [0.29, 0.717) is 24.4 Å². The number of para-hydroxylation sites is 1. The van der Waals surface area contributed by atoms with Crippen molar-refractivity contribution in [3.8, 4) is 0 Å².